The number of rotatable bonds is 2. The Morgan fingerprint density at radius 2 is 2.08 bits per heavy atom. The molecule has 0 fully saturated rings. The number of H-pyrrole nitrogens is 1. The largest absolute Gasteiger partial charge is 0.508 e. The minimum Gasteiger partial charge on any atom is -0.508 e. The van der Waals surface area contributed by atoms with Crippen molar-refractivity contribution in [2.24, 2.45) is 4.99 Å². The predicted molar refractivity (Wildman–Crippen MR) is 92.3 cm³/mol. The molecule has 6 heteroatoms. The van der Waals surface area contributed by atoms with Gasteiger partial charge in [-0.2, -0.15) is 5.10 Å². The molecule has 3 heterocycles. The number of allylic oxidation sites excluding steroid dienone is 1. The van der Waals surface area contributed by atoms with Crippen LogP contribution in [0.4, 0.5) is 0 Å². The summed E-state index contributed by atoms with van der Waals surface area (Å²) in [5, 5.41) is 29.2. The molecule has 1 aromatic carbocycles. The van der Waals surface area contributed by atoms with Gasteiger partial charge < -0.3 is 15.2 Å². The van der Waals surface area contributed by atoms with Crippen LogP contribution < -0.4 is 0 Å². The molecule has 120 valence electrons. The van der Waals surface area contributed by atoms with E-state index in [1.807, 2.05) is 13.1 Å². The summed E-state index contributed by atoms with van der Waals surface area (Å²) < 4.78 is 0. The summed E-state index contributed by atoms with van der Waals surface area (Å²) in [5.74, 6) is 0.168. The Hall–Kier alpha value is -3.15. The normalized spacial score (nSPS) is 17.0. The Morgan fingerprint density at radius 3 is 2.88 bits per heavy atom. The molecule has 4 rings (SSSR count). The zero-order chi connectivity index (χ0) is 16.8. The van der Waals surface area contributed by atoms with E-state index < -0.39 is 6.04 Å². The molecule has 0 radical (unpaired) electrons. The number of aromatic nitrogens is 3. The van der Waals surface area contributed by atoms with Gasteiger partial charge in [-0.25, -0.2) is 0 Å². The number of aliphatic imine (C=N–C) groups is 1. The zero-order valence-corrected chi connectivity index (χ0v) is 13.1. The number of benzene rings is 1. The number of aromatic hydroxyl groups is 2. The molecule has 0 amide bonds. The lowest BCUT2D eigenvalue weighted by molar-refractivity contribution is 0.452. The molecule has 0 bridgehead atoms. The van der Waals surface area contributed by atoms with E-state index in [1.54, 1.807) is 6.20 Å². The van der Waals surface area contributed by atoms with E-state index in [9.17, 15) is 10.2 Å². The smallest absolute Gasteiger partial charge is 0.160 e. The first-order valence-corrected chi connectivity index (χ1v) is 7.71. The van der Waals surface area contributed by atoms with Gasteiger partial charge in [0.25, 0.3) is 0 Å². The summed E-state index contributed by atoms with van der Waals surface area (Å²) in [6, 6.07) is 4.01. The minimum absolute atomic E-state index is 0.0824. The van der Waals surface area contributed by atoms with Crippen molar-refractivity contribution in [1.29, 1.82) is 0 Å². The first-order chi connectivity index (χ1) is 11.6. The van der Waals surface area contributed by atoms with Crippen LogP contribution in [0, 0.1) is 0 Å². The lowest BCUT2D eigenvalue weighted by Crippen LogP contribution is -2.03. The number of nitrogens with zero attached hydrogens (tertiary/aromatic N) is 3. The van der Waals surface area contributed by atoms with Crippen molar-refractivity contribution in [3.05, 3.63) is 53.9 Å². The molecule has 3 aromatic rings. The Kier molecular flexibility index (Phi) is 3.13. The highest BCUT2D eigenvalue weighted by Gasteiger charge is 2.27. The average Bonchev–Trinajstić information content (AvgIpc) is 2.97. The van der Waals surface area contributed by atoms with Crippen LogP contribution in [0.5, 0.6) is 11.5 Å². The lowest BCUT2D eigenvalue weighted by atomic mass is 9.96. The molecular formula is C18H16N4O2. The van der Waals surface area contributed by atoms with Crippen molar-refractivity contribution < 1.29 is 10.2 Å². The molecule has 3 N–H and O–H groups in total. The average molecular weight is 320 g/mol. The maximum atomic E-state index is 10.3. The maximum Gasteiger partial charge on any atom is 0.160 e. The van der Waals surface area contributed by atoms with Gasteiger partial charge in [0.2, 0.25) is 0 Å². The highest BCUT2D eigenvalue weighted by atomic mass is 16.3. The lowest BCUT2D eigenvalue weighted by Gasteiger charge is -2.14. The fraction of sp³-hybridized carbons (Fsp3) is 0.167. The Labute approximate surface area is 138 Å². The molecule has 1 unspecified atom stereocenters. The molecule has 0 saturated heterocycles. The highest BCUT2D eigenvalue weighted by molar-refractivity contribution is 6.26. The molecule has 0 aliphatic carbocycles. The van der Waals surface area contributed by atoms with Gasteiger partial charge in [-0.05, 0) is 30.2 Å². The van der Waals surface area contributed by atoms with Crippen LogP contribution in [0.25, 0.3) is 16.6 Å². The van der Waals surface area contributed by atoms with E-state index in [0.29, 0.717) is 17.6 Å². The van der Waals surface area contributed by atoms with Crippen molar-refractivity contribution in [1.82, 2.24) is 15.2 Å². The first kappa shape index (κ1) is 14.4. The summed E-state index contributed by atoms with van der Waals surface area (Å²) in [4.78, 5) is 7.94. The van der Waals surface area contributed by atoms with Crippen LogP contribution in [0.3, 0.4) is 0 Å². The quantitative estimate of drug-likeness (QED) is 0.631. The number of nitrogens with one attached hydrogen (secondary N) is 1. The van der Waals surface area contributed by atoms with Crippen LogP contribution in [0.15, 0.2) is 42.2 Å². The molecule has 0 spiro atoms. The van der Waals surface area contributed by atoms with Gasteiger partial charge in [0.15, 0.2) is 5.65 Å². The summed E-state index contributed by atoms with van der Waals surface area (Å²) in [6.45, 7) is 6.18. The molecule has 1 aliphatic heterocycles. The topological polar surface area (TPSA) is 94.4 Å². The highest BCUT2D eigenvalue weighted by Crippen LogP contribution is 2.42. The SMILES string of the molecule is C=C1C(CC)=NC(c2cc(O)ccc2O)c2c[nH]c3nncc1c23. The van der Waals surface area contributed by atoms with Crippen molar-refractivity contribution in [3.63, 3.8) is 0 Å². The number of hydrogen-bond acceptors (Lipinski definition) is 5. The third-order valence-corrected chi connectivity index (χ3v) is 4.40. The molecule has 6 nitrogen and oxygen atoms in total. The molecule has 2 aromatic heterocycles. The molecular weight excluding hydrogens is 304 g/mol. The fourth-order valence-corrected chi connectivity index (χ4v) is 3.20. The monoisotopic (exact) mass is 320 g/mol. The van der Waals surface area contributed by atoms with Gasteiger partial charge in [-0.3, -0.25) is 4.99 Å². The molecule has 1 aliphatic rings. The van der Waals surface area contributed by atoms with Crippen LogP contribution in [-0.4, -0.2) is 31.1 Å². The summed E-state index contributed by atoms with van der Waals surface area (Å²) in [6.07, 6.45) is 4.22. The van der Waals surface area contributed by atoms with Gasteiger partial charge in [-0.15, -0.1) is 5.10 Å². The van der Waals surface area contributed by atoms with Crippen molar-refractivity contribution in [2.75, 3.05) is 0 Å². The molecule has 24 heavy (non-hydrogen) atoms. The van der Waals surface area contributed by atoms with Gasteiger partial charge >= 0.3 is 0 Å². The Morgan fingerprint density at radius 1 is 1.25 bits per heavy atom. The van der Waals surface area contributed by atoms with Gasteiger partial charge in [0, 0.05) is 34.0 Å². The third-order valence-electron chi connectivity index (χ3n) is 4.40. The van der Waals surface area contributed by atoms with E-state index >= 15 is 0 Å². The summed E-state index contributed by atoms with van der Waals surface area (Å²) in [5.41, 5.74) is 4.60. The Balaban J connectivity index is 2.07. The number of hydrogen-bond donors (Lipinski definition) is 3. The van der Waals surface area contributed by atoms with Crippen LogP contribution in [-0.2, 0) is 0 Å². The van der Waals surface area contributed by atoms with E-state index in [4.69, 9.17) is 4.99 Å². The third kappa shape index (κ3) is 2.00. The second kappa shape index (κ2) is 5.19. The summed E-state index contributed by atoms with van der Waals surface area (Å²) >= 11 is 0. The predicted octanol–water partition coefficient (Wildman–Crippen LogP) is 3.34. The van der Waals surface area contributed by atoms with E-state index in [-0.39, 0.29) is 11.5 Å². The summed E-state index contributed by atoms with van der Waals surface area (Å²) in [7, 11) is 0. The van der Waals surface area contributed by atoms with E-state index in [1.165, 1.54) is 18.2 Å². The van der Waals surface area contributed by atoms with Crippen molar-refractivity contribution >= 4 is 22.3 Å². The maximum absolute atomic E-state index is 10.3. The van der Waals surface area contributed by atoms with E-state index in [2.05, 4.69) is 21.8 Å². The van der Waals surface area contributed by atoms with Gasteiger partial charge in [0.1, 0.15) is 17.5 Å². The van der Waals surface area contributed by atoms with Gasteiger partial charge in [-0.1, -0.05) is 13.5 Å². The fourth-order valence-electron chi connectivity index (χ4n) is 3.20. The second-order valence-electron chi connectivity index (χ2n) is 5.78. The van der Waals surface area contributed by atoms with Crippen molar-refractivity contribution in [3.8, 4) is 11.5 Å². The first-order valence-electron chi connectivity index (χ1n) is 7.71. The number of aromatic amines is 1. The van der Waals surface area contributed by atoms with E-state index in [0.717, 1.165) is 27.8 Å². The number of phenolic OH excluding ortho intramolecular Hbond substituents is 2. The standard InChI is InChI=1S/C18H16N4O2/c1-3-14-9(2)12-8-20-22-18-16(12)13(7-19-18)17(21-14)11-6-10(23)4-5-15(11)24/h4-8,17,23-24H,2-3H2,1H3,(H,19,22). The van der Waals surface area contributed by atoms with Crippen LogP contribution in [0.1, 0.15) is 36.1 Å². The Bertz CT molecular complexity index is 1000. The minimum atomic E-state index is -0.456. The second-order valence-corrected chi connectivity index (χ2v) is 5.78. The zero-order valence-electron chi connectivity index (χ0n) is 13.1. The molecule has 0 saturated carbocycles. The van der Waals surface area contributed by atoms with Crippen LogP contribution in [0.2, 0.25) is 0 Å². The number of phenols is 2. The van der Waals surface area contributed by atoms with Crippen LogP contribution >= 0.6 is 0 Å². The van der Waals surface area contributed by atoms with Crippen molar-refractivity contribution in [2.45, 2.75) is 19.4 Å². The van der Waals surface area contributed by atoms with Gasteiger partial charge in [0.05, 0.1) is 6.20 Å². The molecule has 1 atom stereocenters.